The number of rotatable bonds is 6. The zero-order valence-corrected chi connectivity index (χ0v) is 28.3. The minimum Gasteiger partial charge on any atom is -0.289 e. The highest BCUT2D eigenvalue weighted by Gasteiger charge is 2.36. The molecular weight excluding hydrogens is 597 g/mol. The van der Waals surface area contributed by atoms with Crippen molar-refractivity contribution in [3.63, 3.8) is 0 Å². The number of sulfonamides is 2. The maximum atomic E-state index is 13.5. The number of carbonyl (C=O) groups excluding carboxylic acids is 2. The molecule has 0 saturated heterocycles. The van der Waals surface area contributed by atoms with Crippen molar-refractivity contribution >= 4 is 31.6 Å². The number of carbonyl (C=O) groups is 2. The van der Waals surface area contributed by atoms with Gasteiger partial charge in [0.05, 0.1) is 9.79 Å². The molecule has 240 valence electrons. The Bertz CT molecular complexity index is 1540. The quantitative estimate of drug-likeness (QED) is 0.328. The van der Waals surface area contributed by atoms with Gasteiger partial charge >= 0.3 is 0 Å². The van der Waals surface area contributed by atoms with Gasteiger partial charge in [0.25, 0.3) is 0 Å². The summed E-state index contributed by atoms with van der Waals surface area (Å²) in [5, 5.41) is 0. The Labute approximate surface area is 262 Å². The number of hydrogen-bond acceptors (Lipinski definition) is 6. The van der Waals surface area contributed by atoms with Crippen molar-refractivity contribution in [1.29, 1.82) is 0 Å². The van der Waals surface area contributed by atoms with E-state index < -0.39 is 31.6 Å². The number of benzene rings is 2. The summed E-state index contributed by atoms with van der Waals surface area (Å²) < 4.78 is 58.8. The first-order valence-corrected chi connectivity index (χ1v) is 18.8. The molecule has 0 spiro atoms. The molecule has 5 rings (SSSR count). The standard InChI is InChI=1S/C34H46N2O6S2/c1-33(2,3)21-7-11-23(12-8-21)35-43(39,40)25-15-17-27-29(19-25)31(37)28-18-16-26(20-30(28)32(27)38)44(41,42)36-24-13-9-22(10-14-24)34(4,5)6/h15-24,35-36H,7-14H2,1-6H3. The molecule has 0 unspecified atom stereocenters. The molecule has 0 bridgehead atoms. The Balaban J connectivity index is 1.31. The monoisotopic (exact) mass is 642 g/mol. The Kier molecular flexibility index (Phi) is 8.81. The van der Waals surface area contributed by atoms with Crippen LogP contribution in [-0.4, -0.2) is 40.5 Å². The van der Waals surface area contributed by atoms with Crippen LogP contribution in [0.1, 0.15) is 125 Å². The van der Waals surface area contributed by atoms with E-state index in [1.807, 2.05) is 0 Å². The van der Waals surface area contributed by atoms with Crippen molar-refractivity contribution < 1.29 is 26.4 Å². The van der Waals surface area contributed by atoms with Gasteiger partial charge in [0.1, 0.15) is 0 Å². The molecule has 0 atom stereocenters. The lowest BCUT2D eigenvalue weighted by Crippen LogP contribution is -2.39. The molecule has 0 amide bonds. The van der Waals surface area contributed by atoms with Crippen LogP contribution in [0.15, 0.2) is 46.2 Å². The highest BCUT2D eigenvalue weighted by Crippen LogP contribution is 2.39. The van der Waals surface area contributed by atoms with Gasteiger partial charge in [-0.3, -0.25) is 9.59 Å². The Morgan fingerprint density at radius 3 is 1.14 bits per heavy atom. The highest BCUT2D eigenvalue weighted by atomic mass is 32.2. The van der Waals surface area contributed by atoms with E-state index in [-0.39, 0.29) is 55.0 Å². The summed E-state index contributed by atoms with van der Waals surface area (Å²) in [4.78, 5) is 26.9. The first-order chi connectivity index (χ1) is 20.4. The van der Waals surface area contributed by atoms with E-state index in [0.29, 0.717) is 11.8 Å². The summed E-state index contributed by atoms with van der Waals surface area (Å²) >= 11 is 0. The highest BCUT2D eigenvalue weighted by molar-refractivity contribution is 7.89. The van der Waals surface area contributed by atoms with E-state index in [2.05, 4.69) is 51.0 Å². The van der Waals surface area contributed by atoms with Gasteiger partial charge in [-0.15, -0.1) is 0 Å². The summed E-state index contributed by atoms with van der Waals surface area (Å²) in [6.07, 6.45) is 6.74. The Hall–Kier alpha value is -2.40. The number of hydrogen-bond donors (Lipinski definition) is 2. The molecule has 44 heavy (non-hydrogen) atoms. The van der Waals surface area contributed by atoms with Gasteiger partial charge < -0.3 is 0 Å². The van der Waals surface area contributed by atoms with Crippen molar-refractivity contribution in [3.8, 4) is 0 Å². The maximum Gasteiger partial charge on any atom is 0.240 e. The predicted molar refractivity (Wildman–Crippen MR) is 171 cm³/mol. The van der Waals surface area contributed by atoms with Gasteiger partial charge in [0, 0.05) is 34.3 Å². The minimum atomic E-state index is -3.92. The van der Waals surface area contributed by atoms with Gasteiger partial charge in [-0.2, -0.15) is 0 Å². The summed E-state index contributed by atoms with van der Waals surface area (Å²) in [6.45, 7) is 13.3. The lowest BCUT2D eigenvalue weighted by Gasteiger charge is -2.37. The number of ketones is 2. The lowest BCUT2D eigenvalue weighted by atomic mass is 9.71. The zero-order valence-electron chi connectivity index (χ0n) is 26.7. The molecule has 0 heterocycles. The molecule has 0 aromatic heterocycles. The van der Waals surface area contributed by atoms with Crippen molar-refractivity contribution in [1.82, 2.24) is 9.44 Å². The van der Waals surface area contributed by atoms with Crippen LogP contribution in [0.2, 0.25) is 0 Å². The van der Waals surface area contributed by atoms with E-state index in [9.17, 15) is 26.4 Å². The van der Waals surface area contributed by atoms with Crippen LogP contribution in [-0.2, 0) is 20.0 Å². The summed E-state index contributed by atoms with van der Waals surface area (Å²) in [6, 6.07) is 7.56. The second-order valence-electron chi connectivity index (χ2n) is 15.1. The molecule has 2 fully saturated rings. The first kappa shape index (κ1) is 33.0. The minimum absolute atomic E-state index is 0.00570. The molecule has 3 aliphatic rings. The van der Waals surface area contributed by atoms with Gasteiger partial charge in [0.2, 0.25) is 20.0 Å². The van der Waals surface area contributed by atoms with E-state index in [1.54, 1.807) is 0 Å². The van der Waals surface area contributed by atoms with Crippen molar-refractivity contribution in [3.05, 3.63) is 58.7 Å². The van der Waals surface area contributed by atoms with Crippen LogP contribution >= 0.6 is 0 Å². The third kappa shape index (κ3) is 6.73. The molecule has 8 nitrogen and oxygen atoms in total. The van der Waals surface area contributed by atoms with Gasteiger partial charge in [-0.1, -0.05) is 41.5 Å². The SMILES string of the molecule is CC(C)(C)C1CCC(NS(=O)(=O)c2ccc3c(c2)C(=O)c2ccc(S(=O)(=O)NC4CCC(C(C)(C)C)CC4)cc2C3=O)CC1. The van der Waals surface area contributed by atoms with Crippen molar-refractivity contribution in [2.24, 2.45) is 22.7 Å². The number of fused-ring (bicyclic) bond motifs is 2. The van der Waals surface area contributed by atoms with Crippen LogP contribution in [0.4, 0.5) is 0 Å². The molecule has 2 saturated carbocycles. The van der Waals surface area contributed by atoms with E-state index in [1.165, 1.54) is 36.4 Å². The molecule has 2 N–H and O–H groups in total. The predicted octanol–water partition coefficient (Wildman–Crippen LogP) is 6.23. The van der Waals surface area contributed by atoms with Crippen LogP contribution in [0.25, 0.3) is 0 Å². The lowest BCUT2D eigenvalue weighted by molar-refractivity contribution is 0.0978. The van der Waals surface area contributed by atoms with Crippen LogP contribution in [0, 0.1) is 22.7 Å². The normalized spacial score (nSPS) is 25.0. The molecule has 3 aliphatic carbocycles. The van der Waals surface area contributed by atoms with E-state index in [4.69, 9.17) is 0 Å². The molecule has 10 heteroatoms. The average molecular weight is 643 g/mol. The second kappa shape index (κ2) is 11.8. The summed E-state index contributed by atoms with van der Waals surface area (Å²) in [5.74, 6) is 0.0652. The molecule has 0 aliphatic heterocycles. The van der Waals surface area contributed by atoms with Gasteiger partial charge in [0.15, 0.2) is 11.6 Å². The van der Waals surface area contributed by atoms with E-state index >= 15 is 0 Å². The summed E-state index contributed by atoms with van der Waals surface area (Å²) in [5.41, 5.74) is 0.499. The Morgan fingerprint density at radius 2 is 0.841 bits per heavy atom. The van der Waals surface area contributed by atoms with Crippen LogP contribution in [0.5, 0.6) is 0 Å². The smallest absolute Gasteiger partial charge is 0.240 e. The Morgan fingerprint density at radius 1 is 0.523 bits per heavy atom. The van der Waals surface area contributed by atoms with Crippen molar-refractivity contribution in [2.75, 3.05) is 0 Å². The maximum absolute atomic E-state index is 13.5. The fraction of sp³-hybridized carbons (Fsp3) is 0.588. The molecule has 2 aromatic carbocycles. The molecule has 2 aromatic rings. The molecular formula is C34H46N2O6S2. The number of nitrogens with one attached hydrogen (secondary N) is 2. The van der Waals surface area contributed by atoms with Crippen LogP contribution in [0.3, 0.4) is 0 Å². The fourth-order valence-electron chi connectivity index (χ4n) is 7.17. The third-order valence-electron chi connectivity index (χ3n) is 10.1. The topological polar surface area (TPSA) is 126 Å². The first-order valence-electron chi connectivity index (χ1n) is 15.8. The zero-order chi connectivity index (χ0) is 32.2. The largest absolute Gasteiger partial charge is 0.289 e. The average Bonchev–Trinajstić information content (AvgIpc) is 2.94. The third-order valence-corrected chi connectivity index (χ3v) is 13.2. The summed E-state index contributed by atoms with van der Waals surface area (Å²) in [7, 11) is -7.84. The fourth-order valence-corrected chi connectivity index (χ4v) is 9.83. The van der Waals surface area contributed by atoms with E-state index in [0.717, 1.165) is 51.4 Å². The van der Waals surface area contributed by atoms with Crippen LogP contribution < -0.4 is 9.44 Å². The van der Waals surface area contributed by atoms with Crippen molar-refractivity contribution in [2.45, 2.75) is 115 Å². The van der Waals surface area contributed by atoms with Gasteiger partial charge in [-0.05, 0) is 110 Å². The van der Waals surface area contributed by atoms with Gasteiger partial charge in [-0.25, -0.2) is 26.3 Å². The molecule has 0 radical (unpaired) electrons. The second-order valence-corrected chi connectivity index (χ2v) is 18.6.